The summed E-state index contributed by atoms with van der Waals surface area (Å²) >= 11 is 0. The quantitative estimate of drug-likeness (QED) is 0.844. The van der Waals surface area contributed by atoms with Crippen molar-refractivity contribution in [2.24, 2.45) is 0 Å². The lowest BCUT2D eigenvalue weighted by Gasteiger charge is -2.11. The average Bonchev–Trinajstić information content (AvgIpc) is 2.83. The Morgan fingerprint density at radius 2 is 2.06 bits per heavy atom. The number of hydrogen-bond donors (Lipinski definition) is 1. The van der Waals surface area contributed by atoms with Gasteiger partial charge in [0.15, 0.2) is 0 Å². The molecule has 0 saturated carbocycles. The highest BCUT2D eigenvalue weighted by Crippen LogP contribution is 2.15. The van der Waals surface area contributed by atoms with Crippen LogP contribution in [0.2, 0.25) is 0 Å². The lowest BCUT2D eigenvalue weighted by Crippen LogP contribution is -2.25. The molecular weight excluding hydrogens is 210 g/mol. The zero-order chi connectivity index (χ0) is 12.1. The van der Waals surface area contributed by atoms with E-state index in [0.29, 0.717) is 12.0 Å². The van der Waals surface area contributed by atoms with Crippen LogP contribution in [0.25, 0.3) is 0 Å². The summed E-state index contributed by atoms with van der Waals surface area (Å²) < 4.78 is 5.58. The fourth-order valence-electron chi connectivity index (χ4n) is 2.20. The molecule has 1 aliphatic rings. The number of ether oxygens (including phenoxy) is 1. The lowest BCUT2D eigenvalue weighted by atomic mass is 10.0. The molecule has 0 aliphatic carbocycles. The minimum Gasteiger partial charge on any atom is -0.377 e. The molecule has 1 aromatic rings. The Morgan fingerprint density at radius 1 is 1.29 bits per heavy atom. The van der Waals surface area contributed by atoms with Crippen LogP contribution in [-0.2, 0) is 11.3 Å². The average molecular weight is 233 g/mol. The molecule has 2 nitrogen and oxygen atoms in total. The highest BCUT2D eigenvalue weighted by Gasteiger charge is 2.14. The van der Waals surface area contributed by atoms with E-state index in [-0.39, 0.29) is 0 Å². The summed E-state index contributed by atoms with van der Waals surface area (Å²) in [5.74, 6) is 0.615. The smallest absolute Gasteiger partial charge is 0.0700 e. The molecule has 2 heteroatoms. The molecule has 1 saturated heterocycles. The highest BCUT2D eigenvalue weighted by atomic mass is 16.5. The van der Waals surface area contributed by atoms with E-state index < -0.39 is 0 Å². The van der Waals surface area contributed by atoms with Gasteiger partial charge in [-0.1, -0.05) is 38.1 Å². The molecule has 0 radical (unpaired) electrons. The van der Waals surface area contributed by atoms with E-state index in [4.69, 9.17) is 4.74 Å². The Labute approximate surface area is 104 Å². The van der Waals surface area contributed by atoms with Gasteiger partial charge in [0.05, 0.1) is 6.10 Å². The SMILES string of the molecule is CC(C)c1ccc(CNC[C@H]2CCCO2)cc1. The fourth-order valence-corrected chi connectivity index (χ4v) is 2.20. The Kier molecular flexibility index (Phi) is 4.57. The van der Waals surface area contributed by atoms with Gasteiger partial charge in [0.1, 0.15) is 0 Å². The first kappa shape index (κ1) is 12.6. The first-order valence-corrected chi connectivity index (χ1v) is 6.67. The second kappa shape index (κ2) is 6.18. The van der Waals surface area contributed by atoms with Crippen molar-refractivity contribution in [3.63, 3.8) is 0 Å². The van der Waals surface area contributed by atoms with E-state index in [2.05, 4.69) is 43.4 Å². The van der Waals surface area contributed by atoms with Crippen molar-refractivity contribution in [3.05, 3.63) is 35.4 Å². The van der Waals surface area contributed by atoms with Gasteiger partial charge in [-0.3, -0.25) is 0 Å². The molecule has 94 valence electrons. The maximum Gasteiger partial charge on any atom is 0.0700 e. The maximum atomic E-state index is 5.58. The van der Waals surface area contributed by atoms with Gasteiger partial charge in [-0.05, 0) is 29.9 Å². The second-order valence-corrected chi connectivity index (χ2v) is 5.16. The van der Waals surface area contributed by atoms with Crippen molar-refractivity contribution >= 4 is 0 Å². The lowest BCUT2D eigenvalue weighted by molar-refractivity contribution is 0.110. The molecule has 1 atom stereocenters. The first-order valence-electron chi connectivity index (χ1n) is 6.67. The topological polar surface area (TPSA) is 21.3 Å². The minimum atomic E-state index is 0.435. The van der Waals surface area contributed by atoms with Crippen LogP contribution in [0.4, 0.5) is 0 Å². The zero-order valence-corrected chi connectivity index (χ0v) is 10.9. The van der Waals surface area contributed by atoms with Crippen LogP contribution >= 0.6 is 0 Å². The van der Waals surface area contributed by atoms with E-state index in [1.54, 1.807) is 0 Å². The molecule has 0 unspecified atom stereocenters. The number of nitrogens with one attached hydrogen (secondary N) is 1. The standard InChI is InChI=1S/C15H23NO/c1-12(2)14-7-5-13(6-8-14)10-16-11-15-4-3-9-17-15/h5-8,12,15-16H,3-4,9-11H2,1-2H3/t15-/m1/s1. The van der Waals surface area contributed by atoms with Gasteiger partial charge in [-0.15, -0.1) is 0 Å². The minimum absolute atomic E-state index is 0.435. The predicted molar refractivity (Wildman–Crippen MR) is 71.2 cm³/mol. The number of rotatable bonds is 5. The van der Waals surface area contributed by atoms with E-state index in [1.807, 2.05) is 0 Å². The molecule has 1 aliphatic heterocycles. The van der Waals surface area contributed by atoms with E-state index in [0.717, 1.165) is 19.7 Å². The summed E-state index contributed by atoms with van der Waals surface area (Å²) in [6.45, 7) is 7.31. The molecule has 1 N–H and O–H groups in total. The molecule has 1 fully saturated rings. The molecule has 0 amide bonds. The molecule has 17 heavy (non-hydrogen) atoms. The third-order valence-electron chi connectivity index (χ3n) is 3.37. The normalized spacial score (nSPS) is 20.1. The van der Waals surface area contributed by atoms with Crippen molar-refractivity contribution in [2.45, 2.75) is 45.3 Å². The molecule has 2 rings (SSSR count). The van der Waals surface area contributed by atoms with Crippen LogP contribution in [0, 0.1) is 0 Å². The largest absolute Gasteiger partial charge is 0.377 e. The number of hydrogen-bond acceptors (Lipinski definition) is 2. The van der Waals surface area contributed by atoms with Crippen LogP contribution in [0.15, 0.2) is 24.3 Å². The second-order valence-electron chi connectivity index (χ2n) is 5.16. The molecular formula is C15H23NO. The summed E-state index contributed by atoms with van der Waals surface area (Å²) in [6, 6.07) is 8.90. The maximum absolute atomic E-state index is 5.58. The number of benzene rings is 1. The fraction of sp³-hybridized carbons (Fsp3) is 0.600. The van der Waals surface area contributed by atoms with Gasteiger partial charge in [0, 0.05) is 19.7 Å². The Balaban J connectivity index is 1.74. The third kappa shape index (κ3) is 3.83. The van der Waals surface area contributed by atoms with E-state index >= 15 is 0 Å². The van der Waals surface area contributed by atoms with Crippen molar-refractivity contribution in [1.29, 1.82) is 0 Å². The van der Waals surface area contributed by atoms with Crippen molar-refractivity contribution < 1.29 is 4.74 Å². The van der Waals surface area contributed by atoms with E-state index in [1.165, 1.54) is 24.0 Å². The highest BCUT2D eigenvalue weighted by molar-refractivity contribution is 5.24. The zero-order valence-electron chi connectivity index (χ0n) is 10.9. The van der Waals surface area contributed by atoms with Crippen molar-refractivity contribution in [2.75, 3.05) is 13.2 Å². The Morgan fingerprint density at radius 3 is 2.65 bits per heavy atom. The molecule has 0 spiro atoms. The molecule has 0 bridgehead atoms. The molecule has 1 heterocycles. The van der Waals surface area contributed by atoms with Gasteiger partial charge >= 0.3 is 0 Å². The summed E-state index contributed by atoms with van der Waals surface area (Å²) in [7, 11) is 0. The van der Waals surface area contributed by atoms with Crippen molar-refractivity contribution in [1.82, 2.24) is 5.32 Å². The van der Waals surface area contributed by atoms with Gasteiger partial charge in [0.25, 0.3) is 0 Å². The van der Waals surface area contributed by atoms with Crippen molar-refractivity contribution in [3.8, 4) is 0 Å². The van der Waals surface area contributed by atoms with E-state index in [9.17, 15) is 0 Å². The summed E-state index contributed by atoms with van der Waals surface area (Å²) in [5, 5.41) is 3.47. The van der Waals surface area contributed by atoms with Crippen LogP contribution in [0.5, 0.6) is 0 Å². The van der Waals surface area contributed by atoms with Gasteiger partial charge < -0.3 is 10.1 Å². The van der Waals surface area contributed by atoms with Crippen LogP contribution in [-0.4, -0.2) is 19.3 Å². The summed E-state index contributed by atoms with van der Waals surface area (Å²) in [6.07, 6.45) is 2.86. The van der Waals surface area contributed by atoms with Gasteiger partial charge in [-0.25, -0.2) is 0 Å². The monoisotopic (exact) mass is 233 g/mol. The van der Waals surface area contributed by atoms with Gasteiger partial charge in [-0.2, -0.15) is 0 Å². The Hall–Kier alpha value is -0.860. The van der Waals surface area contributed by atoms with Crippen LogP contribution in [0.1, 0.15) is 43.7 Å². The summed E-state index contributed by atoms with van der Waals surface area (Å²) in [5.41, 5.74) is 2.76. The predicted octanol–water partition coefficient (Wildman–Crippen LogP) is 3.08. The first-order chi connectivity index (χ1) is 8.25. The Bertz CT molecular complexity index is 325. The van der Waals surface area contributed by atoms with Crippen LogP contribution < -0.4 is 5.32 Å². The third-order valence-corrected chi connectivity index (χ3v) is 3.37. The summed E-state index contributed by atoms with van der Waals surface area (Å²) in [4.78, 5) is 0. The van der Waals surface area contributed by atoms with Gasteiger partial charge in [0.2, 0.25) is 0 Å². The molecule has 1 aromatic carbocycles. The molecule has 0 aromatic heterocycles. The van der Waals surface area contributed by atoms with Crippen LogP contribution in [0.3, 0.4) is 0 Å².